The van der Waals surface area contributed by atoms with Crippen LogP contribution in [0.15, 0.2) is 53.4 Å². The molecular formula is C26H30N4O6S2. The molecule has 12 heteroatoms. The van der Waals surface area contributed by atoms with Crippen LogP contribution in [0.4, 0.5) is 9.93 Å². The van der Waals surface area contributed by atoms with Gasteiger partial charge < -0.3 is 14.4 Å². The van der Waals surface area contributed by atoms with Gasteiger partial charge in [-0.2, -0.15) is 4.31 Å². The van der Waals surface area contributed by atoms with Crippen molar-refractivity contribution in [3.63, 3.8) is 0 Å². The van der Waals surface area contributed by atoms with Gasteiger partial charge in [-0.1, -0.05) is 0 Å². The summed E-state index contributed by atoms with van der Waals surface area (Å²) in [5, 5.41) is 3.25. The summed E-state index contributed by atoms with van der Waals surface area (Å²) in [4.78, 5) is 31.8. The second-order valence-corrected chi connectivity index (χ2v) is 11.6. The van der Waals surface area contributed by atoms with E-state index in [1.165, 1.54) is 44.8 Å². The number of nitrogens with zero attached hydrogens (tertiary/aromatic N) is 3. The third kappa shape index (κ3) is 6.14. The Bertz CT molecular complexity index is 1380. The van der Waals surface area contributed by atoms with E-state index in [1.54, 1.807) is 6.92 Å². The molecule has 0 radical (unpaired) electrons. The second kappa shape index (κ2) is 11.9. The molecular weight excluding hydrogens is 528 g/mol. The van der Waals surface area contributed by atoms with Crippen molar-refractivity contribution in [2.45, 2.75) is 25.7 Å². The van der Waals surface area contributed by atoms with Crippen molar-refractivity contribution in [3.05, 3.63) is 59.0 Å². The highest BCUT2D eigenvalue weighted by Crippen LogP contribution is 2.31. The summed E-state index contributed by atoms with van der Waals surface area (Å²) in [6.45, 7) is 7.29. The first-order chi connectivity index (χ1) is 18.2. The standard InChI is InChI=1S/C26H30N4O6S2/c1-4-35-21-10-6-19(7-11-21)23-18(3)37-25(27-23)28-24(31)20-8-12-22(13-9-20)38(33,34)30-16-14-29(15-17-30)26(32)36-5-2/h6-13H,4-5,14-17H2,1-3H3,(H,27,28,31). The minimum absolute atomic E-state index is 0.0847. The average Bonchev–Trinajstić information content (AvgIpc) is 3.29. The predicted molar refractivity (Wildman–Crippen MR) is 145 cm³/mol. The summed E-state index contributed by atoms with van der Waals surface area (Å²) >= 11 is 1.36. The van der Waals surface area contributed by atoms with Crippen LogP contribution in [0, 0.1) is 6.92 Å². The summed E-state index contributed by atoms with van der Waals surface area (Å²) in [5.41, 5.74) is 2.00. The van der Waals surface area contributed by atoms with Crippen LogP contribution < -0.4 is 10.1 Å². The quantitative estimate of drug-likeness (QED) is 0.440. The Kier molecular flexibility index (Phi) is 8.65. The zero-order chi connectivity index (χ0) is 27.3. The van der Waals surface area contributed by atoms with Crippen LogP contribution in [-0.4, -0.2) is 74.0 Å². The Balaban J connectivity index is 1.39. The Labute approximate surface area is 226 Å². The monoisotopic (exact) mass is 558 g/mol. The number of anilines is 1. The van der Waals surface area contributed by atoms with E-state index in [9.17, 15) is 18.0 Å². The Morgan fingerprint density at radius 1 is 0.974 bits per heavy atom. The van der Waals surface area contributed by atoms with E-state index < -0.39 is 16.1 Å². The molecule has 1 N–H and O–H groups in total. The normalized spacial score (nSPS) is 14.2. The number of benzene rings is 2. The largest absolute Gasteiger partial charge is 0.494 e. The number of hydrogen-bond donors (Lipinski definition) is 1. The topological polar surface area (TPSA) is 118 Å². The average molecular weight is 559 g/mol. The van der Waals surface area contributed by atoms with Crippen molar-refractivity contribution in [2.75, 3.05) is 44.7 Å². The molecule has 1 aliphatic rings. The first kappa shape index (κ1) is 27.6. The first-order valence-corrected chi connectivity index (χ1v) is 14.5. The van der Waals surface area contributed by atoms with Gasteiger partial charge in [0.1, 0.15) is 5.75 Å². The molecule has 4 rings (SSSR count). The Hall–Kier alpha value is -3.48. The molecule has 1 aromatic heterocycles. The molecule has 2 heterocycles. The van der Waals surface area contributed by atoms with Crippen LogP contribution in [0.2, 0.25) is 0 Å². The molecule has 1 saturated heterocycles. The summed E-state index contributed by atoms with van der Waals surface area (Å²) in [6.07, 6.45) is -0.443. The van der Waals surface area contributed by atoms with E-state index in [-0.39, 0.29) is 43.6 Å². The zero-order valence-electron chi connectivity index (χ0n) is 21.5. The number of aromatic nitrogens is 1. The number of aryl methyl sites for hydroxylation is 1. The number of hydrogen-bond acceptors (Lipinski definition) is 8. The van der Waals surface area contributed by atoms with Crippen molar-refractivity contribution < 1.29 is 27.5 Å². The number of nitrogens with one attached hydrogen (secondary N) is 1. The van der Waals surface area contributed by atoms with Crippen LogP contribution in [0.5, 0.6) is 5.75 Å². The smallest absolute Gasteiger partial charge is 0.409 e. The lowest BCUT2D eigenvalue weighted by atomic mass is 10.1. The van der Waals surface area contributed by atoms with Crippen LogP contribution in [0.3, 0.4) is 0 Å². The third-order valence-corrected chi connectivity index (χ3v) is 8.77. The molecule has 202 valence electrons. The predicted octanol–water partition coefficient (Wildman–Crippen LogP) is 4.23. The minimum Gasteiger partial charge on any atom is -0.494 e. The highest BCUT2D eigenvalue weighted by Gasteiger charge is 2.30. The maximum Gasteiger partial charge on any atom is 0.409 e. The number of carbonyl (C=O) groups excluding carboxylic acids is 2. The fourth-order valence-electron chi connectivity index (χ4n) is 4.02. The van der Waals surface area contributed by atoms with Gasteiger partial charge in [0.2, 0.25) is 10.0 Å². The molecule has 0 saturated carbocycles. The summed E-state index contributed by atoms with van der Waals surface area (Å²) in [7, 11) is -3.76. The van der Waals surface area contributed by atoms with Crippen LogP contribution in [-0.2, 0) is 14.8 Å². The van der Waals surface area contributed by atoms with Gasteiger partial charge in [0, 0.05) is 42.2 Å². The fourth-order valence-corrected chi connectivity index (χ4v) is 6.27. The Morgan fingerprint density at radius 3 is 2.24 bits per heavy atom. The second-order valence-electron chi connectivity index (χ2n) is 8.45. The van der Waals surface area contributed by atoms with Crippen molar-refractivity contribution in [2.24, 2.45) is 0 Å². The third-order valence-electron chi connectivity index (χ3n) is 5.97. The lowest BCUT2D eigenvalue weighted by molar-refractivity contribution is 0.0933. The van der Waals surface area contributed by atoms with Crippen molar-refractivity contribution in [1.82, 2.24) is 14.2 Å². The molecule has 1 fully saturated rings. The van der Waals surface area contributed by atoms with Crippen molar-refractivity contribution in [3.8, 4) is 17.0 Å². The highest BCUT2D eigenvalue weighted by atomic mass is 32.2. The molecule has 38 heavy (non-hydrogen) atoms. The van der Waals surface area contributed by atoms with Crippen LogP contribution in [0.25, 0.3) is 11.3 Å². The van der Waals surface area contributed by atoms with E-state index in [2.05, 4.69) is 10.3 Å². The lowest BCUT2D eigenvalue weighted by Gasteiger charge is -2.33. The molecule has 2 aromatic carbocycles. The molecule has 0 aliphatic carbocycles. The SMILES string of the molecule is CCOC(=O)N1CCN(S(=O)(=O)c2ccc(C(=O)Nc3nc(-c4ccc(OCC)cc4)c(C)s3)cc2)CC1. The maximum atomic E-state index is 13.1. The molecule has 2 amide bonds. The maximum absolute atomic E-state index is 13.1. The summed E-state index contributed by atoms with van der Waals surface area (Å²) in [6, 6.07) is 13.4. The van der Waals surface area contributed by atoms with Gasteiger partial charge in [-0.05, 0) is 69.3 Å². The molecule has 0 unspecified atom stereocenters. The van der Waals surface area contributed by atoms with E-state index in [1.807, 2.05) is 38.1 Å². The Morgan fingerprint density at radius 2 is 1.63 bits per heavy atom. The van der Waals surface area contributed by atoms with Gasteiger partial charge in [-0.15, -0.1) is 11.3 Å². The highest BCUT2D eigenvalue weighted by molar-refractivity contribution is 7.89. The minimum atomic E-state index is -3.76. The molecule has 1 aliphatic heterocycles. The van der Waals surface area contributed by atoms with Crippen molar-refractivity contribution in [1.29, 1.82) is 0 Å². The fraction of sp³-hybridized carbons (Fsp3) is 0.346. The van der Waals surface area contributed by atoms with E-state index in [0.29, 0.717) is 17.3 Å². The molecule has 0 spiro atoms. The number of carbonyl (C=O) groups is 2. The molecule has 0 atom stereocenters. The van der Waals surface area contributed by atoms with Crippen molar-refractivity contribution >= 4 is 38.5 Å². The summed E-state index contributed by atoms with van der Waals surface area (Å²) < 4.78 is 37.9. The van der Waals surface area contributed by atoms with E-state index in [4.69, 9.17) is 9.47 Å². The van der Waals surface area contributed by atoms with Gasteiger partial charge in [0.25, 0.3) is 5.91 Å². The van der Waals surface area contributed by atoms with Gasteiger partial charge in [-0.25, -0.2) is 18.2 Å². The molecule has 0 bridgehead atoms. The number of thiazole rings is 1. The van der Waals surface area contributed by atoms with Crippen LogP contribution in [0.1, 0.15) is 29.1 Å². The van der Waals surface area contributed by atoms with Gasteiger partial charge in [0.15, 0.2) is 5.13 Å². The van der Waals surface area contributed by atoms with Crippen LogP contribution >= 0.6 is 11.3 Å². The number of sulfonamides is 1. The lowest BCUT2D eigenvalue weighted by Crippen LogP contribution is -2.50. The van der Waals surface area contributed by atoms with Gasteiger partial charge in [0.05, 0.1) is 23.8 Å². The first-order valence-electron chi connectivity index (χ1n) is 12.3. The number of ether oxygens (including phenoxy) is 2. The summed E-state index contributed by atoms with van der Waals surface area (Å²) in [5.74, 6) is 0.394. The number of rotatable bonds is 8. The molecule has 10 nitrogen and oxygen atoms in total. The molecule has 3 aromatic rings. The van der Waals surface area contributed by atoms with Gasteiger partial charge in [-0.3, -0.25) is 10.1 Å². The zero-order valence-corrected chi connectivity index (χ0v) is 23.1. The number of piperazine rings is 1. The van der Waals surface area contributed by atoms with E-state index >= 15 is 0 Å². The number of amides is 2. The van der Waals surface area contributed by atoms with E-state index in [0.717, 1.165) is 21.9 Å². The van der Waals surface area contributed by atoms with Gasteiger partial charge >= 0.3 is 6.09 Å².